The summed E-state index contributed by atoms with van der Waals surface area (Å²) in [4.78, 5) is 37.3. The van der Waals surface area contributed by atoms with Crippen LogP contribution in [0.1, 0.15) is 15.9 Å². The van der Waals surface area contributed by atoms with Crippen LogP contribution in [0.3, 0.4) is 0 Å². The Kier molecular flexibility index (Phi) is 8.35. The van der Waals surface area contributed by atoms with Crippen LogP contribution in [0.4, 0.5) is 5.69 Å². The zero-order chi connectivity index (χ0) is 20.5. The highest BCUT2D eigenvalue weighted by Gasteiger charge is 2.12. The standard InChI is InChI=1S/C20H22ClN3O3S/c1-22-20(27)15-5-3-14(4-6-15)11-24(2)19(26)13-28-12-18(25)23-17-9-7-16(21)8-10-17/h3-10H,11-13H2,1-2H3,(H,22,27)(H,23,25). The van der Waals surface area contributed by atoms with Crippen LogP contribution in [0.2, 0.25) is 5.02 Å². The monoisotopic (exact) mass is 419 g/mol. The van der Waals surface area contributed by atoms with Gasteiger partial charge in [-0.05, 0) is 42.0 Å². The molecule has 0 radical (unpaired) electrons. The molecule has 2 aromatic carbocycles. The molecule has 28 heavy (non-hydrogen) atoms. The molecule has 148 valence electrons. The molecule has 0 aliphatic rings. The zero-order valence-corrected chi connectivity index (χ0v) is 17.3. The number of nitrogens with one attached hydrogen (secondary N) is 2. The van der Waals surface area contributed by atoms with E-state index in [1.165, 1.54) is 11.8 Å². The van der Waals surface area contributed by atoms with Crippen LogP contribution in [-0.2, 0) is 16.1 Å². The van der Waals surface area contributed by atoms with Crippen LogP contribution < -0.4 is 10.6 Å². The number of nitrogens with zero attached hydrogens (tertiary/aromatic N) is 1. The fraction of sp³-hybridized carbons (Fsp3) is 0.250. The minimum Gasteiger partial charge on any atom is -0.355 e. The summed E-state index contributed by atoms with van der Waals surface area (Å²) in [6.07, 6.45) is 0. The Morgan fingerprint density at radius 3 is 2.25 bits per heavy atom. The predicted molar refractivity (Wildman–Crippen MR) is 114 cm³/mol. The molecule has 2 N–H and O–H groups in total. The van der Waals surface area contributed by atoms with E-state index in [-0.39, 0.29) is 29.2 Å². The van der Waals surface area contributed by atoms with Crippen LogP contribution in [-0.4, -0.2) is 48.2 Å². The summed E-state index contributed by atoms with van der Waals surface area (Å²) in [6.45, 7) is 0.435. The minimum absolute atomic E-state index is 0.0697. The first-order valence-electron chi connectivity index (χ1n) is 8.57. The van der Waals surface area contributed by atoms with Gasteiger partial charge in [0.1, 0.15) is 0 Å². The second kappa shape index (κ2) is 10.7. The van der Waals surface area contributed by atoms with Gasteiger partial charge < -0.3 is 15.5 Å². The Morgan fingerprint density at radius 2 is 1.64 bits per heavy atom. The van der Waals surface area contributed by atoms with E-state index in [2.05, 4.69) is 10.6 Å². The van der Waals surface area contributed by atoms with Crippen molar-refractivity contribution < 1.29 is 14.4 Å². The summed E-state index contributed by atoms with van der Waals surface area (Å²) in [5, 5.41) is 5.92. The number of amides is 3. The molecule has 0 saturated carbocycles. The number of hydrogen-bond acceptors (Lipinski definition) is 4. The van der Waals surface area contributed by atoms with Gasteiger partial charge in [-0.1, -0.05) is 23.7 Å². The molecule has 6 nitrogen and oxygen atoms in total. The van der Waals surface area contributed by atoms with Crippen molar-refractivity contribution in [3.8, 4) is 0 Å². The third-order valence-electron chi connectivity index (χ3n) is 3.88. The van der Waals surface area contributed by atoms with Gasteiger partial charge in [0.2, 0.25) is 11.8 Å². The topological polar surface area (TPSA) is 78.5 Å². The Hall–Kier alpha value is -2.51. The third kappa shape index (κ3) is 6.90. The van der Waals surface area contributed by atoms with Crippen LogP contribution in [0, 0.1) is 0 Å². The Labute approximate surface area is 173 Å². The van der Waals surface area contributed by atoms with Crippen LogP contribution in [0.15, 0.2) is 48.5 Å². The van der Waals surface area contributed by atoms with Crippen molar-refractivity contribution in [1.82, 2.24) is 10.2 Å². The molecule has 0 atom stereocenters. The predicted octanol–water partition coefficient (Wildman–Crippen LogP) is 3.03. The molecular formula is C20H22ClN3O3S. The first kappa shape index (κ1) is 21.8. The van der Waals surface area contributed by atoms with Crippen molar-refractivity contribution in [2.75, 3.05) is 30.9 Å². The second-order valence-corrected chi connectivity index (χ2v) is 7.50. The summed E-state index contributed by atoms with van der Waals surface area (Å²) in [6, 6.07) is 13.9. The molecular weight excluding hydrogens is 398 g/mol. The molecule has 0 fully saturated rings. The quantitative estimate of drug-likeness (QED) is 0.689. The summed E-state index contributed by atoms with van der Waals surface area (Å²) < 4.78 is 0. The number of benzene rings is 2. The summed E-state index contributed by atoms with van der Waals surface area (Å²) in [5.74, 6) is 0.000617. The van der Waals surface area contributed by atoms with E-state index in [1.54, 1.807) is 55.4 Å². The van der Waals surface area contributed by atoms with Gasteiger partial charge in [-0.3, -0.25) is 14.4 Å². The molecule has 0 aliphatic heterocycles. The first-order valence-corrected chi connectivity index (χ1v) is 10.1. The van der Waals surface area contributed by atoms with Gasteiger partial charge in [-0.2, -0.15) is 0 Å². The van der Waals surface area contributed by atoms with Gasteiger partial charge in [0, 0.05) is 36.9 Å². The molecule has 0 saturated heterocycles. The average Bonchev–Trinajstić information content (AvgIpc) is 2.69. The molecule has 3 amide bonds. The highest BCUT2D eigenvalue weighted by Crippen LogP contribution is 2.14. The molecule has 8 heteroatoms. The number of carbonyl (C=O) groups is 3. The number of anilines is 1. The summed E-state index contributed by atoms with van der Waals surface area (Å²) in [7, 11) is 3.29. The largest absolute Gasteiger partial charge is 0.355 e. The first-order chi connectivity index (χ1) is 13.4. The molecule has 2 rings (SSSR count). The van der Waals surface area contributed by atoms with Crippen molar-refractivity contribution in [2.24, 2.45) is 0 Å². The van der Waals surface area contributed by atoms with Crippen molar-refractivity contribution in [3.05, 3.63) is 64.7 Å². The molecule has 0 bridgehead atoms. The van der Waals surface area contributed by atoms with Crippen molar-refractivity contribution >= 4 is 46.8 Å². The van der Waals surface area contributed by atoms with Crippen LogP contribution in [0.5, 0.6) is 0 Å². The van der Waals surface area contributed by atoms with E-state index in [1.807, 2.05) is 12.1 Å². The van der Waals surface area contributed by atoms with E-state index < -0.39 is 0 Å². The number of thioether (sulfide) groups is 1. The van der Waals surface area contributed by atoms with Gasteiger partial charge >= 0.3 is 0 Å². The molecule has 0 spiro atoms. The highest BCUT2D eigenvalue weighted by atomic mass is 35.5. The zero-order valence-electron chi connectivity index (χ0n) is 15.7. The number of halogens is 1. The lowest BCUT2D eigenvalue weighted by molar-refractivity contribution is -0.127. The fourth-order valence-electron chi connectivity index (χ4n) is 2.34. The van der Waals surface area contributed by atoms with Crippen LogP contribution >= 0.6 is 23.4 Å². The van der Waals surface area contributed by atoms with E-state index in [9.17, 15) is 14.4 Å². The number of carbonyl (C=O) groups excluding carboxylic acids is 3. The van der Waals surface area contributed by atoms with Gasteiger partial charge in [0.25, 0.3) is 5.91 Å². The Balaban J connectivity index is 1.73. The van der Waals surface area contributed by atoms with Crippen LogP contribution in [0.25, 0.3) is 0 Å². The van der Waals surface area contributed by atoms with E-state index >= 15 is 0 Å². The molecule has 0 heterocycles. The summed E-state index contributed by atoms with van der Waals surface area (Å²) >= 11 is 7.06. The van der Waals surface area contributed by atoms with E-state index in [0.29, 0.717) is 22.8 Å². The fourth-order valence-corrected chi connectivity index (χ4v) is 3.22. The SMILES string of the molecule is CNC(=O)c1ccc(CN(C)C(=O)CSCC(=O)Nc2ccc(Cl)cc2)cc1. The Bertz CT molecular complexity index is 826. The van der Waals surface area contributed by atoms with Crippen molar-refractivity contribution in [1.29, 1.82) is 0 Å². The average molecular weight is 420 g/mol. The smallest absolute Gasteiger partial charge is 0.251 e. The van der Waals surface area contributed by atoms with Gasteiger partial charge in [-0.25, -0.2) is 0 Å². The number of hydrogen-bond donors (Lipinski definition) is 2. The van der Waals surface area contributed by atoms with Gasteiger partial charge in [0.15, 0.2) is 0 Å². The van der Waals surface area contributed by atoms with Gasteiger partial charge in [-0.15, -0.1) is 11.8 Å². The lowest BCUT2D eigenvalue weighted by atomic mass is 10.1. The Morgan fingerprint density at radius 1 is 1.00 bits per heavy atom. The third-order valence-corrected chi connectivity index (χ3v) is 5.04. The maximum atomic E-state index is 12.2. The van der Waals surface area contributed by atoms with Crippen molar-refractivity contribution in [2.45, 2.75) is 6.54 Å². The molecule has 0 aliphatic carbocycles. The highest BCUT2D eigenvalue weighted by molar-refractivity contribution is 8.00. The lowest BCUT2D eigenvalue weighted by Gasteiger charge is -2.17. The van der Waals surface area contributed by atoms with E-state index in [0.717, 1.165) is 5.56 Å². The van der Waals surface area contributed by atoms with Crippen molar-refractivity contribution in [3.63, 3.8) is 0 Å². The maximum absolute atomic E-state index is 12.2. The second-order valence-electron chi connectivity index (χ2n) is 6.07. The minimum atomic E-state index is -0.174. The summed E-state index contributed by atoms with van der Waals surface area (Å²) in [5.41, 5.74) is 2.16. The molecule has 2 aromatic rings. The van der Waals surface area contributed by atoms with Gasteiger partial charge in [0.05, 0.1) is 11.5 Å². The molecule has 0 aromatic heterocycles. The van der Waals surface area contributed by atoms with E-state index in [4.69, 9.17) is 11.6 Å². The molecule has 0 unspecified atom stereocenters. The lowest BCUT2D eigenvalue weighted by Crippen LogP contribution is -2.28. The maximum Gasteiger partial charge on any atom is 0.251 e. The number of rotatable bonds is 8. The normalized spacial score (nSPS) is 10.2.